The van der Waals surface area contributed by atoms with Crippen LogP contribution in [0.4, 0.5) is 0 Å². The van der Waals surface area contributed by atoms with E-state index >= 15 is 0 Å². The molecule has 1 unspecified atom stereocenters. The Balaban J connectivity index is 1.38. The van der Waals surface area contributed by atoms with Crippen molar-refractivity contribution < 1.29 is 28.9 Å². The zero-order valence-electron chi connectivity index (χ0n) is 19.4. The van der Waals surface area contributed by atoms with Crippen LogP contribution in [0.3, 0.4) is 0 Å². The smallest absolute Gasteiger partial charge is 0.311 e. The number of Topliss-reactive ketones (excluding diaryl/α,β-unsaturated/α-hetero) is 1. The summed E-state index contributed by atoms with van der Waals surface area (Å²) in [6.45, 7) is 0.304. The lowest BCUT2D eigenvalue weighted by Gasteiger charge is -2.24. The van der Waals surface area contributed by atoms with Gasteiger partial charge < -0.3 is 19.3 Å². The van der Waals surface area contributed by atoms with Crippen LogP contribution in [-0.2, 0) is 11.2 Å². The number of ketones is 1. The summed E-state index contributed by atoms with van der Waals surface area (Å²) in [4.78, 5) is 24.2. The van der Waals surface area contributed by atoms with Crippen LogP contribution >= 0.6 is 34.8 Å². The lowest BCUT2D eigenvalue weighted by Crippen LogP contribution is -2.20. The van der Waals surface area contributed by atoms with Gasteiger partial charge in [-0.3, -0.25) is 9.59 Å². The second-order valence-electron chi connectivity index (χ2n) is 8.32. The quantitative estimate of drug-likeness (QED) is 0.277. The van der Waals surface area contributed by atoms with Crippen LogP contribution in [0.2, 0.25) is 15.1 Å². The topological polar surface area (TPSA) is 82.1 Å². The predicted octanol–water partition coefficient (Wildman–Crippen LogP) is 7.60. The number of methoxy groups -OCH3 is 1. The van der Waals surface area contributed by atoms with Crippen molar-refractivity contribution in [2.45, 2.75) is 31.6 Å². The molecule has 9 heteroatoms. The molecule has 3 aromatic carbocycles. The molecule has 0 aromatic heterocycles. The Kier molecular flexibility index (Phi) is 8.29. The van der Waals surface area contributed by atoms with Gasteiger partial charge in [0.15, 0.2) is 5.78 Å². The highest BCUT2D eigenvalue weighted by Crippen LogP contribution is 2.42. The molecule has 1 heterocycles. The normalized spacial score (nSPS) is 14.5. The summed E-state index contributed by atoms with van der Waals surface area (Å²) in [5.74, 6) is 0.256. The van der Waals surface area contributed by atoms with E-state index in [2.05, 4.69) is 0 Å². The number of carboxylic acid groups (broad SMARTS) is 1. The average Bonchev–Trinajstić information content (AvgIpc) is 2.85. The maximum absolute atomic E-state index is 12.7. The number of halogens is 3. The zero-order chi connectivity index (χ0) is 25.8. The van der Waals surface area contributed by atoms with Gasteiger partial charge in [-0.05, 0) is 67.3 Å². The van der Waals surface area contributed by atoms with Gasteiger partial charge in [-0.2, -0.15) is 0 Å². The highest BCUT2D eigenvalue weighted by atomic mass is 35.5. The summed E-state index contributed by atoms with van der Waals surface area (Å²) in [5.41, 5.74) is 1.87. The molecule has 1 aliphatic rings. The molecule has 0 spiro atoms. The van der Waals surface area contributed by atoms with Crippen molar-refractivity contribution in [3.63, 3.8) is 0 Å². The Morgan fingerprint density at radius 2 is 1.69 bits per heavy atom. The van der Waals surface area contributed by atoms with Crippen molar-refractivity contribution in [2.24, 2.45) is 0 Å². The number of ether oxygens (including phenoxy) is 3. The van der Waals surface area contributed by atoms with Crippen molar-refractivity contribution in [1.29, 1.82) is 0 Å². The summed E-state index contributed by atoms with van der Waals surface area (Å²) in [5, 5.41) is 10.7. The van der Waals surface area contributed by atoms with Gasteiger partial charge in [0, 0.05) is 33.7 Å². The van der Waals surface area contributed by atoms with Gasteiger partial charge in [-0.15, -0.1) is 0 Å². The molecule has 36 heavy (non-hydrogen) atoms. The van der Waals surface area contributed by atoms with E-state index in [0.717, 1.165) is 5.56 Å². The van der Waals surface area contributed by atoms with Gasteiger partial charge in [0.05, 0.1) is 24.7 Å². The number of carbonyl (C=O) groups excluding carboxylic acids is 1. The lowest BCUT2D eigenvalue weighted by atomic mass is 9.93. The van der Waals surface area contributed by atoms with Crippen molar-refractivity contribution in [3.8, 4) is 23.0 Å². The fourth-order valence-corrected chi connectivity index (χ4v) is 4.93. The molecule has 1 atom stereocenters. The molecule has 188 valence electrons. The van der Waals surface area contributed by atoms with Crippen molar-refractivity contribution in [3.05, 3.63) is 80.3 Å². The van der Waals surface area contributed by atoms with Crippen molar-refractivity contribution >= 4 is 46.6 Å². The third kappa shape index (κ3) is 5.89. The Morgan fingerprint density at radius 3 is 2.33 bits per heavy atom. The van der Waals surface area contributed by atoms with Crippen LogP contribution in [0.1, 0.15) is 46.7 Å². The lowest BCUT2D eigenvalue weighted by molar-refractivity contribution is -0.139. The number of fused-ring (bicyclic) bond motifs is 1. The second-order valence-corrected chi connectivity index (χ2v) is 9.54. The van der Waals surface area contributed by atoms with Gasteiger partial charge in [-0.25, -0.2) is 0 Å². The minimum absolute atomic E-state index is 0.0118. The van der Waals surface area contributed by atoms with Gasteiger partial charge in [0.2, 0.25) is 0 Å². The van der Waals surface area contributed by atoms with Crippen LogP contribution < -0.4 is 14.2 Å². The number of rotatable bonds is 9. The molecular formula is C27H23Cl3O6. The van der Waals surface area contributed by atoms with E-state index in [4.69, 9.17) is 49.0 Å². The van der Waals surface area contributed by atoms with Crippen molar-refractivity contribution in [1.82, 2.24) is 0 Å². The van der Waals surface area contributed by atoms with Gasteiger partial charge >= 0.3 is 5.97 Å². The standard InChI is InChI=1S/C27H23Cl3O6/c1-34-17-11-21(28)19(22(29)12-17)3-2-4-24(31)15-5-7-16(8-6-15)36-26-14-25-20(13-23(26)30)18(27(32)33)9-10-35-25/h5-8,11-14,18H,2-4,9-10H2,1H3,(H,32,33). The first-order chi connectivity index (χ1) is 17.3. The van der Waals surface area contributed by atoms with Crippen LogP contribution in [-0.4, -0.2) is 30.6 Å². The second kappa shape index (κ2) is 11.4. The molecule has 6 nitrogen and oxygen atoms in total. The first kappa shape index (κ1) is 26.1. The van der Waals surface area contributed by atoms with E-state index in [1.807, 2.05) is 0 Å². The number of hydrogen-bond donors (Lipinski definition) is 1. The molecule has 0 aliphatic carbocycles. The van der Waals surface area contributed by atoms with Crippen LogP contribution in [0.5, 0.6) is 23.0 Å². The minimum atomic E-state index is -0.917. The highest BCUT2D eigenvalue weighted by molar-refractivity contribution is 6.36. The summed E-state index contributed by atoms with van der Waals surface area (Å²) in [7, 11) is 1.54. The Labute approximate surface area is 223 Å². The molecule has 0 fully saturated rings. The number of benzene rings is 3. The predicted molar refractivity (Wildman–Crippen MR) is 139 cm³/mol. The maximum Gasteiger partial charge on any atom is 0.311 e. The number of aliphatic carboxylic acids is 1. The fraction of sp³-hybridized carbons (Fsp3) is 0.259. The number of carboxylic acids is 1. The van der Waals surface area contributed by atoms with E-state index in [-0.39, 0.29) is 10.8 Å². The SMILES string of the molecule is COc1cc(Cl)c(CCCC(=O)c2ccc(Oc3cc4c(cc3Cl)C(C(=O)O)CCO4)cc2)c(Cl)c1. The monoisotopic (exact) mass is 548 g/mol. The molecule has 0 bridgehead atoms. The van der Waals surface area contributed by atoms with Gasteiger partial charge in [0.1, 0.15) is 23.0 Å². The summed E-state index contributed by atoms with van der Waals surface area (Å²) < 4.78 is 16.6. The van der Waals surface area contributed by atoms with Crippen LogP contribution in [0.15, 0.2) is 48.5 Å². The minimum Gasteiger partial charge on any atom is -0.497 e. The zero-order valence-corrected chi connectivity index (χ0v) is 21.6. The van der Waals surface area contributed by atoms with E-state index in [0.29, 0.717) is 76.5 Å². The maximum atomic E-state index is 12.7. The van der Waals surface area contributed by atoms with E-state index in [1.165, 1.54) is 0 Å². The van der Waals surface area contributed by atoms with E-state index in [1.54, 1.807) is 55.6 Å². The first-order valence-corrected chi connectivity index (χ1v) is 12.4. The molecule has 4 rings (SSSR count). The van der Waals surface area contributed by atoms with Crippen LogP contribution in [0, 0.1) is 0 Å². The Bertz CT molecular complexity index is 1270. The molecule has 3 aromatic rings. The van der Waals surface area contributed by atoms with E-state index in [9.17, 15) is 14.7 Å². The Hall–Kier alpha value is -2.93. The third-order valence-electron chi connectivity index (χ3n) is 5.99. The molecule has 0 amide bonds. The molecular weight excluding hydrogens is 527 g/mol. The molecule has 0 saturated carbocycles. The van der Waals surface area contributed by atoms with Crippen LogP contribution in [0.25, 0.3) is 0 Å². The molecule has 0 radical (unpaired) electrons. The average molecular weight is 550 g/mol. The van der Waals surface area contributed by atoms with E-state index < -0.39 is 11.9 Å². The van der Waals surface area contributed by atoms with Gasteiger partial charge in [0.25, 0.3) is 0 Å². The largest absolute Gasteiger partial charge is 0.497 e. The fourth-order valence-electron chi connectivity index (χ4n) is 4.07. The summed E-state index contributed by atoms with van der Waals surface area (Å²) >= 11 is 18.9. The summed E-state index contributed by atoms with van der Waals surface area (Å²) in [6.07, 6.45) is 1.87. The Morgan fingerprint density at radius 1 is 1.00 bits per heavy atom. The van der Waals surface area contributed by atoms with Gasteiger partial charge in [-0.1, -0.05) is 34.8 Å². The molecule has 1 N–H and O–H groups in total. The third-order valence-corrected chi connectivity index (χ3v) is 6.96. The molecule has 1 aliphatic heterocycles. The number of hydrogen-bond acceptors (Lipinski definition) is 5. The highest BCUT2D eigenvalue weighted by Gasteiger charge is 2.29. The molecule has 0 saturated heterocycles. The van der Waals surface area contributed by atoms with Crippen molar-refractivity contribution in [2.75, 3.05) is 13.7 Å². The number of carbonyl (C=O) groups is 2. The summed E-state index contributed by atoms with van der Waals surface area (Å²) in [6, 6.07) is 13.3. The first-order valence-electron chi connectivity index (χ1n) is 11.3.